The van der Waals surface area contributed by atoms with E-state index in [-0.39, 0.29) is 18.7 Å². The van der Waals surface area contributed by atoms with Crippen molar-refractivity contribution in [2.24, 2.45) is 0 Å². The van der Waals surface area contributed by atoms with Crippen LogP contribution in [0.2, 0.25) is 0 Å². The van der Waals surface area contributed by atoms with Gasteiger partial charge in [0.05, 0.1) is 6.61 Å². The third kappa shape index (κ3) is 17.3. The highest BCUT2D eigenvalue weighted by atomic mass is 16.5. The maximum atomic E-state index is 11.6. The quantitative estimate of drug-likeness (QED) is 0.214. The van der Waals surface area contributed by atoms with Gasteiger partial charge in [0.25, 0.3) is 0 Å². The van der Waals surface area contributed by atoms with Gasteiger partial charge in [-0.2, -0.15) is 0 Å². The van der Waals surface area contributed by atoms with Crippen molar-refractivity contribution in [3.05, 3.63) is 36.5 Å². The molecule has 3 nitrogen and oxygen atoms in total. The molecular formula is C22H38O3. The van der Waals surface area contributed by atoms with Crippen molar-refractivity contribution in [3.8, 4) is 0 Å². The summed E-state index contributed by atoms with van der Waals surface area (Å²) in [5.74, 6) is -0.179. The molecule has 0 aliphatic rings. The van der Waals surface area contributed by atoms with Crippen LogP contribution < -0.4 is 0 Å². The second kappa shape index (κ2) is 19.0. The van der Waals surface area contributed by atoms with Gasteiger partial charge in [-0.05, 0) is 44.9 Å². The van der Waals surface area contributed by atoms with Crippen molar-refractivity contribution >= 4 is 5.97 Å². The summed E-state index contributed by atoms with van der Waals surface area (Å²) in [6, 6.07) is 0. The molecule has 144 valence electrons. The van der Waals surface area contributed by atoms with Crippen molar-refractivity contribution in [1.82, 2.24) is 0 Å². The van der Waals surface area contributed by atoms with Gasteiger partial charge in [0, 0.05) is 6.42 Å². The summed E-state index contributed by atoms with van der Waals surface area (Å²) in [5.41, 5.74) is 0. The summed E-state index contributed by atoms with van der Waals surface area (Å²) in [6.07, 6.45) is 24.0. The lowest BCUT2D eigenvalue weighted by atomic mass is 10.1. The average molecular weight is 351 g/mol. The fourth-order valence-corrected chi connectivity index (χ4v) is 2.38. The molecule has 0 amide bonds. The molecule has 1 N–H and O–H groups in total. The van der Waals surface area contributed by atoms with Gasteiger partial charge >= 0.3 is 5.97 Å². The number of aliphatic hydroxyl groups is 1. The van der Waals surface area contributed by atoms with Gasteiger partial charge < -0.3 is 9.84 Å². The number of unbranched alkanes of at least 4 members (excludes halogenated alkanes) is 5. The maximum absolute atomic E-state index is 11.6. The Bertz CT molecular complexity index is 379. The summed E-state index contributed by atoms with van der Waals surface area (Å²) in [7, 11) is 0. The third-order valence-electron chi connectivity index (χ3n) is 3.99. The fourth-order valence-electron chi connectivity index (χ4n) is 2.38. The van der Waals surface area contributed by atoms with E-state index in [1.807, 2.05) is 6.92 Å². The SMILES string of the molecule is CC/C=C\C/C=C\C/C=C\CCCCCCCC(=O)OC(CC)CO. The second-order valence-corrected chi connectivity index (χ2v) is 6.30. The number of hydrogen-bond donors (Lipinski definition) is 1. The normalized spacial score (nSPS) is 13.2. The van der Waals surface area contributed by atoms with Gasteiger partial charge in [0.1, 0.15) is 6.10 Å². The minimum atomic E-state index is -0.332. The number of esters is 1. The van der Waals surface area contributed by atoms with Gasteiger partial charge in [-0.3, -0.25) is 4.79 Å². The van der Waals surface area contributed by atoms with Crippen molar-refractivity contribution in [2.75, 3.05) is 6.61 Å². The van der Waals surface area contributed by atoms with E-state index >= 15 is 0 Å². The van der Waals surface area contributed by atoms with Gasteiger partial charge in [0.15, 0.2) is 0 Å². The maximum Gasteiger partial charge on any atom is 0.306 e. The van der Waals surface area contributed by atoms with E-state index in [0.717, 1.165) is 38.5 Å². The highest BCUT2D eigenvalue weighted by Crippen LogP contribution is 2.09. The summed E-state index contributed by atoms with van der Waals surface area (Å²) in [5, 5.41) is 8.99. The Morgan fingerprint density at radius 2 is 1.48 bits per heavy atom. The van der Waals surface area contributed by atoms with Crippen LogP contribution >= 0.6 is 0 Å². The van der Waals surface area contributed by atoms with Crippen molar-refractivity contribution in [3.63, 3.8) is 0 Å². The zero-order valence-corrected chi connectivity index (χ0v) is 16.3. The Kier molecular flexibility index (Phi) is 18.0. The summed E-state index contributed by atoms with van der Waals surface area (Å²) >= 11 is 0. The van der Waals surface area contributed by atoms with Crippen LogP contribution in [0.15, 0.2) is 36.5 Å². The molecule has 0 aliphatic carbocycles. The first-order valence-electron chi connectivity index (χ1n) is 9.99. The zero-order chi connectivity index (χ0) is 18.6. The Labute approximate surface area is 154 Å². The van der Waals surface area contributed by atoms with E-state index in [0.29, 0.717) is 12.8 Å². The van der Waals surface area contributed by atoms with Crippen LogP contribution in [0.1, 0.15) is 84.5 Å². The van der Waals surface area contributed by atoms with Crippen molar-refractivity contribution in [2.45, 2.75) is 90.6 Å². The van der Waals surface area contributed by atoms with Crippen LogP contribution in [-0.4, -0.2) is 23.8 Å². The van der Waals surface area contributed by atoms with Crippen LogP contribution in [0.5, 0.6) is 0 Å². The molecule has 0 aromatic carbocycles. The lowest BCUT2D eigenvalue weighted by Gasteiger charge is -2.12. The predicted molar refractivity (Wildman–Crippen MR) is 107 cm³/mol. The van der Waals surface area contributed by atoms with Gasteiger partial charge in [-0.15, -0.1) is 0 Å². The smallest absolute Gasteiger partial charge is 0.306 e. The number of aliphatic hydroxyl groups excluding tert-OH is 1. The lowest BCUT2D eigenvalue weighted by molar-refractivity contribution is -0.151. The molecule has 0 fully saturated rings. The van der Waals surface area contributed by atoms with Gasteiger partial charge in [-0.25, -0.2) is 0 Å². The van der Waals surface area contributed by atoms with Crippen LogP contribution in [0.3, 0.4) is 0 Å². The molecule has 3 heteroatoms. The second-order valence-electron chi connectivity index (χ2n) is 6.30. The topological polar surface area (TPSA) is 46.5 Å². The standard InChI is InChI=1S/C22H38O3/c1-3-5-6-7-8-9-10-11-12-13-14-15-16-17-18-19-22(24)25-21(4-2)20-23/h5-6,8-9,11-12,21,23H,3-4,7,10,13-20H2,1-2H3/b6-5-,9-8-,12-11-. The molecule has 0 rings (SSSR count). The molecule has 0 aromatic rings. The van der Waals surface area contributed by atoms with E-state index in [1.165, 1.54) is 19.3 Å². The first-order valence-corrected chi connectivity index (χ1v) is 9.99. The summed E-state index contributed by atoms with van der Waals surface area (Å²) in [6.45, 7) is 3.98. The largest absolute Gasteiger partial charge is 0.460 e. The fraction of sp³-hybridized carbons (Fsp3) is 0.682. The molecular weight excluding hydrogens is 312 g/mol. The molecule has 0 spiro atoms. The van der Waals surface area contributed by atoms with E-state index in [2.05, 4.69) is 43.4 Å². The highest BCUT2D eigenvalue weighted by molar-refractivity contribution is 5.69. The van der Waals surface area contributed by atoms with Crippen LogP contribution in [0.25, 0.3) is 0 Å². The number of carbonyl (C=O) groups is 1. The highest BCUT2D eigenvalue weighted by Gasteiger charge is 2.10. The molecule has 0 saturated heterocycles. The number of ether oxygens (including phenoxy) is 1. The molecule has 0 saturated carbocycles. The van der Waals surface area contributed by atoms with Crippen molar-refractivity contribution < 1.29 is 14.6 Å². The van der Waals surface area contributed by atoms with Crippen molar-refractivity contribution in [1.29, 1.82) is 0 Å². The number of hydrogen-bond acceptors (Lipinski definition) is 3. The van der Waals surface area contributed by atoms with Crippen LogP contribution in [0, 0.1) is 0 Å². The Morgan fingerprint density at radius 1 is 0.880 bits per heavy atom. The summed E-state index contributed by atoms with van der Waals surface area (Å²) < 4.78 is 5.16. The minimum absolute atomic E-state index is 0.0819. The lowest BCUT2D eigenvalue weighted by Crippen LogP contribution is -2.20. The minimum Gasteiger partial charge on any atom is -0.460 e. The zero-order valence-electron chi connectivity index (χ0n) is 16.3. The molecule has 1 atom stereocenters. The molecule has 0 aliphatic heterocycles. The molecule has 0 bridgehead atoms. The number of carbonyl (C=O) groups excluding carboxylic acids is 1. The van der Waals surface area contributed by atoms with E-state index in [4.69, 9.17) is 9.84 Å². The Balaban J connectivity index is 3.39. The molecule has 0 heterocycles. The van der Waals surface area contributed by atoms with E-state index in [1.54, 1.807) is 0 Å². The first-order chi connectivity index (χ1) is 12.2. The van der Waals surface area contributed by atoms with Crippen LogP contribution in [0.4, 0.5) is 0 Å². The number of rotatable bonds is 16. The predicted octanol–water partition coefficient (Wildman–Crippen LogP) is 5.89. The molecule has 1 unspecified atom stereocenters. The molecule has 25 heavy (non-hydrogen) atoms. The van der Waals surface area contributed by atoms with E-state index < -0.39 is 0 Å². The summed E-state index contributed by atoms with van der Waals surface area (Å²) in [4.78, 5) is 11.6. The van der Waals surface area contributed by atoms with Crippen LogP contribution in [-0.2, 0) is 9.53 Å². The Hall–Kier alpha value is -1.35. The van der Waals surface area contributed by atoms with E-state index in [9.17, 15) is 4.79 Å². The number of allylic oxidation sites excluding steroid dienone is 6. The van der Waals surface area contributed by atoms with Gasteiger partial charge in [0.2, 0.25) is 0 Å². The molecule has 0 radical (unpaired) electrons. The monoisotopic (exact) mass is 350 g/mol. The molecule has 0 aromatic heterocycles. The Morgan fingerprint density at radius 3 is 2.12 bits per heavy atom. The first kappa shape index (κ1) is 23.6. The average Bonchev–Trinajstić information content (AvgIpc) is 2.62. The third-order valence-corrected chi connectivity index (χ3v) is 3.99. The van der Waals surface area contributed by atoms with Gasteiger partial charge in [-0.1, -0.05) is 69.6 Å².